The fourth-order valence-electron chi connectivity index (χ4n) is 0.749. The molecule has 2 N–H and O–H groups in total. The minimum absolute atomic E-state index is 0.293. The van der Waals surface area contributed by atoms with E-state index in [1.54, 1.807) is 4.31 Å². The Balaban J connectivity index is 4.04. The average Bonchev–Trinajstić information content (AvgIpc) is 2.02. The third-order valence-corrected chi connectivity index (χ3v) is 2.39. The van der Waals surface area contributed by atoms with E-state index in [0.29, 0.717) is 13.1 Å². The van der Waals surface area contributed by atoms with Crippen molar-refractivity contribution in [2.24, 2.45) is 5.73 Å². The second kappa shape index (κ2) is 6.14. The van der Waals surface area contributed by atoms with Crippen molar-refractivity contribution in [2.45, 2.75) is 33.3 Å². The lowest BCUT2D eigenvalue weighted by atomic mass is 10.2. The molecule has 0 aliphatic rings. The van der Waals surface area contributed by atoms with E-state index in [9.17, 15) is 4.79 Å². The number of hydrogen-bond acceptors (Lipinski definition) is 4. The first-order valence-electron chi connectivity index (χ1n) is 4.74. The van der Waals surface area contributed by atoms with Crippen LogP contribution in [0.3, 0.4) is 0 Å². The van der Waals surface area contributed by atoms with E-state index in [4.69, 9.17) is 10.5 Å². The summed E-state index contributed by atoms with van der Waals surface area (Å²) < 4.78 is 6.79. The van der Waals surface area contributed by atoms with Crippen molar-refractivity contribution in [3.63, 3.8) is 0 Å². The van der Waals surface area contributed by atoms with Gasteiger partial charge in [0, 0.05) is 18.8 Å². The number of hydrogen-bond donors (Lipinski definition) is 1. The van der Waals surface area contributed by atoms with Crippen LogP contribution in [0.5, 0.6) is 0 Å². The van der Waals surface area contributed by atoms with Gasteiger partial charge in [-0.25, -0.2) is 4.79 Å². The van der Waals surface area contributed by atoms with Gasteiger partial charge in [0.1, 0.15) is 5.60 Å². The molecular weight excluding hydrogens is 200 g/mol. The molecule has 0 atom stereocenters. The van der Waals surface area contributed by atoms with Gasteiger partial charge in [-0.15, -0.1) is 0 Å². The van der Waals surface area contributed by atoms with Crippen LogP contribution >= 0.6 is 11.9 Å². The lowest BCUT2D eigenvalue weighted by molar-refractivity contribution is 0.0411. The molecule has 14 heavy (non-hydrogen) atoms. The molecule has 1 amide bonds. The van der Waals surface area contributed by atoms with Crippen LogP contribution in [0.4, 0.5) is 4.79 Å². The highest BCUT2D eigenvalue weighted by atomic mass is 32.2. The molecule has 0 spiro atoms. The van der Waals surface area contributed by atoms with Gasteiger partial charge in [0.15, 0.2) is 0 Å². The third kappa shape index (κ3) is 6.10. The van der Waals surface area contributed by atoms with Gasteiger partial charge in [0.2, 0.25) is 0 Å². The molecule has 0 aromatic carbocycles. The van der Waals surface area contributed by atoms with Crippen LogP contribution in [0.15, 0.2) is 0 Å². The summed E-state index contributed by atoms with van der Waals surface area (Å²) in [7, 11) is 0. The zero-order valence-corrected chi connectivity index (χ0v) is 10.2. The van der Waals surface area contributed by atoms with E-state index >= 15 is 0 Å². The first-order valence-corrected chi connectivity index (χ1v) is 5.68. The van der Waals surface area contributed by atoms with Crippen molar-refractivity contribution in [3.05, 3.63) is 0 Å². The topological polar surface area (TPSA) is 55.6 Å². The zero-order chi connectivity index (χ0) is 11.2. The molecule has 0 aromatic rings. The predicted molar refractivity (Wildman–Crippen MR) is 60.1 cm³/mol. The third-order valence-electron chi connectivity index (χ3n) is 1.25. The van der Waals surface area contributed by atoms with E-state index in [0.717, 1.165) is 5.75 Å². The normalized spacial score (nSPS) is 11.2. The maximum atomic E-state index is 11.5. The molecule has 0 unspecified atom stereocenters. The largest absolute Gasteiger partial charge is 0.443 e. The summed E-state index contributed by atoms with van der Waals surface area (Å²) >= 11 is 1.40. The van der Waals surface area contributed by atoms with E-state index in [2.05, 4.69) is 0 Å². The number of nitrogens with zero attached hydrogens (tertiary/aromatic N) is 1. The molecule has 0 fully saturated rings. The maximum absolute atomic E-state index is 11.5. The highest BCUT2D eigenvalue weighted by Gasteiger charge is 2.21. The van der Waals surface area contributed by atoms with Gasteiger partial charge in [-0.1, -0.05) is 0 Å². The van der Waals surface area contributed by atoms with Crippen LogP contribution in [0.2, 0.25) is 0 Å². The van der Waals surface area contributed by atoms with E-state index in [-0.39, 0.29) is 6.09 Å². The van der Waals surface area contributed by atoms with Crippen molar-refractivity contribution in [2.75, 3.05) is 18.8 Å². The average molecular weight is 220 g/mol. The molecule has 5 heteroatoms. The van der Waals surface area contributed by atoms with Gasteiger partial charge in [0.05, 0.1) is 0 Å². The van der Waals surface area contributed by atoms with Crippen molar-refractivity contribution in [1.82, 2.24) is 4.31 Å². The summed E-state index contributed by atoms with van der Waals surface area (Å²) in [4.78, 5) is 11.5. The number of amides is 1. The van der Waals surface area contributed by atoms with Crippen LogP contribution < -0.4 is 5.73 Å². The van der Waals surface area contributed by atoms with Gasteiger partial charge in [-0.05, 0) is 39.6 Å². The van der Waals surface area contributed by atoms with Crippen LogP contribution in [0, 0.1) is 0 Å². The molecule has 0 saturated heterocycles. The SMILES string of the molecule is CCN(SCCN)C(=O)OC(C)(C)C. The van der Waals surface area contributed by atoms with E-state index in [1.165, 1.54) is 11.9 Å². The molecule has 0 aliphatic carbocycles. The van der Waals surface area contributed by atoms with Crippen molar-refractivity contribution >= 4 is 18.0 Å². The molecule has 0 rings (SSSR count). The Hall–Kier alpha value is -0.420. The summed E-state index contributed by atoms with van der Waals surface area (Å²) in [6.07, 6.45) is -0.293. The lowest BCUT2D eigenvalue weighted by Crippen LogP contribution is -2.33. The molecule has 0 bridgehead atoms. The number of rotatable bonds is 4. The number of ether oxygens (including phenoxy) is 1. The van der Waals surface area contributed by atoms with Gasteiger partial charge in [-0.2, -0.15) is 0 Å². The highest BCUT2D eigenvalue weighted by molar-refractivity contribution is 7.97. The van der Waals surface area contributed by atoms with Crippen LogP contribution in [0.25, 0.3) is 0 Å². The fourth-order valence-corrected chi connectivity index (χ4v) is 1.40. The summed E-state index contributed by atoms with van der Waals surface area (Å²) in [5.41, 5.74) is 4.92. The molecular formula is C9H20N2O2S. The number of carbonyl (C=O) groups is 1. The summed E-state index contributed by atoms with van der Waals surface area (Å²) in [6, 6.07) is 0. The first-order chi connectivity index (χ1) is 6.40. The fraction of sp³-hybridized carbons (Fsp3) is 0.889. The monoisotopic (exact) mass is 220 g/mol. The summed E-state index contributed by atoms with van der Waals surface area (Å²) in [5, 5.41) is 0. The highest BCUT2D eigenvalue weighted by Crippen LogP contribution is 2.15. The van der Waals surface area contributed by atoms with Crippen LogP contribution in [-0.2, 0) is 4.74 Å². The van der Waals surface area contributed by atoms with Crippen molar-refractivity contribution < 1.29 is 9.53 Å². The van der Waals surface area contributed by atoms with Gasteiger partial charge >= 0.3 is 6.09 Å². The quantitative estimate of drug-likeness (QED) is 0.735. The molecule has 0 aromatic heterocycles. The molecule has 0 heterocycles. The lowest BCUT2D eigenvalue weighted by Gasteiger charge is -2.25. The first kappa shape index (κ1) is 13.6. The Morgan fingerprint density at radius 2 is 2.07 bits per heavy atom. The Bertz CT molecular complexity index is 180. The predicted octanol–water partition coefficient (Wildman–Crippen LogP) is 1.85. The Morgan fingerprint density at radius 1 is 1.50 bits per heavy atom. The summed E-state index contributed by atoms with van der Waals surface area (Å²) in [5.74, 6) is 0.729. The Kier molecular flexibility index (Phi) is 5.95. The second-order valence-electron chi connectivity index (χ2n) is 3.80. The molecule has 84 valence electrons. The molecule has 0 saturated carbocycles. The Morgan fingerprint density at radius 3 is 2.43 bits per heavy atom. The Labute approximate surface area is 90.3 Å². The standard InChI is InChI=1S/C9H20N2O2S/c1-5-11(14-7-6-10)8(12)13-9(2,3)4/h5-7,10H2,1-4H3. The van der Waals surface area contributed by atoms with E-state index < -0.39 is 5.60 Å². The van der Waals surface area contributed by atoms with E-state index in [1.807, 2.05) is 27.7 Å². The van der Waals surface area contributed by atoms with Gasteiger partial charge in [-0.3, -0.25) is 4.31 Å². The number of carbonyl (C=O) groups excluding carboxylic acids is 1. The number of nitrogens with two attached hydrogens (primary N) is 1. The smallest absolute Gasteiger partial charge is 0.420 e. The van der Waals surface area contributed by atoms with Gasteiger partial charge in [0.25, 0.3) is 0 Å². The minimum atomic E-state index is -0.437. The molecule has 4 nitrogen and oxygen atoms in total. The van der Waals surface area contributed by atoms with Gasteiger partial charge < -0.3 is 10.5 Å². The maximum Gasteiger partial charge on any atom is 0.420 e. The molecule has 0 aliphatic heterocycles. The van der Waals surface area contributed by atoms with Crippen LogP contribution in [-0.4, -0.2) is 34.8 Å². The molecule has 0 radical (unpaired) electrons. The minimum Gasteiger partial charge on any atom is -0.443 e. The van der Waals surface area contributed by atoms with Crippen molar-refractivity contribution in [1.29, 1.82) is 0 Å². The van der Waals surface area contributed by atoms with Crippen molar-refractivity contribution in [3.8, 4) is 0 Å². The zero-order valence-electron chi connectivity index (χ0n) is 9.37. The second-order valence-corrected chi connectivity index (χ2v) is 4.90. The summed E-state index contributed by atoms with van der Waals surface area (Å²) in [6.45, 7) is 8.65. The van der Waals surface area contributed by atoms with Crippen LogP contribution in [0.1, 0.15) is 27.7 Å².